The van der Waals surface area contributed by atoms with Gasteiger partial charge in [0, 0.05) is 38.3 Å². The van der Waals surface area contributed by atoms with E-state index in [1.807, 2.05) is 0 Å². The Balaban J connectivity index is 1.59. The van der Waals surface area contributed by atoms with Crippen LogP contribution in [0.15, 0.2) is 16.9 Å². The van der Waals surface area contributed by atoms with Crippen molar-refractivity contribution in [2.24, 2.45) is 0 Å². The number of rotatable bonds is 2. The fraction of sp³-hybridized carbons (Fsp3) is 0.667. The predicted molar refractivity (Wildman–Crippen MR) is 66.6 cm³/mol. The van der Waals surface area contributed by atoms with E-state index < -0.39 is 6.17 Å². The molecule has 2 unspecified atom stereocenters. The molecule has 1 aliphatic heterocycles. The molecule has 1 N–H and O–H groups in total. The van der Waals surface area contributed by atoms with E-state index in [-0.39, 0.29) is 11.6 Å². The maximum atomic E-state index is 13.3. The maximum Gasteiger partial charge on any atom is 0.264 e. The summed E-state index contributed by atoms with van der Waals surface area (Å²) < 4.78 is 13.3. The van der Waals surface area contributed by atoms with Crippen LogP contribution in [0.2, 0.25) is 0 Å². The number of hydrogen-bond acceptors (Lipinski definition) is 4. The zero-order valence-corrected chi connectivity index (χ0v) is 10.2. The number of nitrogens with zero attached hydrogens (tertiary/aromatic N) is 3. The Bertz CT molecular complexity index is 449. The lowest BCUT2D eigenvalue weighted by Gasteiger charge is -2.44. The summed E-state index contributed by atoms with van der Waals surface area (Å²) in [6.07, 6.45) is 1.06. The number of aromatic amines is 1. The van der Waals surface area contributed by atoms with Gasteiger partial charge in [0.1, 0.15) is 12.0 Å². The first-order chi connectivity index (χ1) is 8.74. The normalized spacial score (nSPS) is 29.1. The Kier molecular flexibility index (Phi) is 3.03. The molecule has 98 valence electrons. The summed E-state index contributed by atoms with van der Waals surface area (Å²) in [6.45, 7) is 3.41. The second kappa shape index (κ2) is 4.68. The van der Waals surface area contributed by atoms with Crippen molar-refractivity contribution < 1.29 is 4.39 Å². The smallest absolute Gasteiger partial charge is 0.264 e. The minimum absolute atomic E-state index is 0.135. The number of anilines is 1. The lowest BCUT2D eigenvalue weighted by atomic mass is 9.88. The highest BCUT2D eigenvalue weighted by atomic mass is 19.1. The molecule has 1 aromatic heterocycles. The Labute approximate surface area is 105 Å². The number of hydrogen-bond donors (Lipinski definition) is 1. The van der Waals surface area contributed by atoms with Crippen molar-refractivity contribution in [1.29, 1.82) is 0 Å². The van der Waals surface area contributed by atoms with Crippen molar-refractivity contribution in [3.8, 4) is 0 Å². The van der Waals surface area contributed by atoms with Crippen LogP contribution in [0.5, 0.6) is 0 Å². The van der Waals surface area contributed by atoms with Crippen molar-refractivity contribution in [3.63, 3.8) is 0 Å². The molecule has 5 nitrogen and oxygen atoms in total. The highest BCUT2D eigenvalue weighted by Crippen LogP contribution is 2.29. The molecule has 18 heavy (non-hydrogen) atoms. The lowest BCUT2D eigenvalue weighted by Crippen LogP contribution is -2.56. The molecule has 2 fully saturated rings. The standard InChI is InChI=1S/C12H17FN4O/c13-9-1-2-10(9)16-5-7-17(8-6-16)11-3-4-12(18)15-14-11/h3-4,9-10H,1-2,5-8H2,(H,15,18). The van der Waals surface area contributed by atoms with Crippen LogP contribution in [0.3, 0.4) is 0 Å². The first-order valence-electron chi connectivity index (χ1n) is 6.43. The van der Waals surface area contributed by atoms with Crippen LogP contribution < -0.4 is 10.5 Å². The zero-order valence-electron chi connectivity index (χ0n) is 10.2. The molecule has 2 heterocycles. The number of aromatic nitrogens is 2. The van der Waals surface area contributed by atoms with Crippen LogP contribution in [0.1, 0.15) is 12.8 Å². The van der Waals surface area contributed by atoms with Crippen molar-refractivity contribution in [2.45, 2.75) is 25.1 Å². The van der Waals surface area contributed by atoms with Gasteiger partial charge in [-0.2, -0.15) is 5.10 Å². The molecule has 0 bridgehead atoms. The first kappa shape index (κ1) is 11.6. The lowest BCUT2D eigenvalue weighted by molar-refractivity contribution is 0.0313. The molecule has 6 heteroatoms. The molecular formula is C12H17FN4O. The van der Waals surface area contributed by atoms with Crippen LogP contribution in [0, 0.1) is 0 Å². The van der Waals surface area contributed by atoms with Gasteiger partial charge < -0.3 is 4.90 Å². The number of H-pyrrole nitrogens is 1. The summed E-state index contributed by atoms with van der Waals surface area (Å²) in [5.41, 5.74) is -0.188. The van der Waals surface area contributed by atoms with Crippen LogP contribution in [0.25, 0.3) is 0 Å². The van der Waals surface area contributed by atoms with Gasteiger partial charge in [-0.3, -0.25) is 9.69 Å². The molecule has 0 amide bonds. The van der Waals surface area contributed by atoms with E-state index in [9.17, 15) is 9.18 Å². The van der Waals surface area contributed by atoms with E-state index >= 15 is 0 Å². The second-order valence-corrected chi connectivity index (χ2v) is 4.96. The minimum atomic E-state index is -0.636. The molecule has 0 aromatic carbocycles. The van der Waals surface area contributed by atoms with Crippen LogP contribution in [0.4, 0.5) is 10.2 Å². The van der Waals surface area contributed by atoms with Gasteiger partial charge in [0.25, 0.3) is 5.56 Å². The third kappa shape index (κ3) is 2.12. The highest BCUT2D eigenvalue weighted by molar-refractivity contribution is 5.36. The topological polar surface area (TPSA) is 52.2 Å². The van der Waals surface area contributed by atoms with Gasteiger partial charge in [0.2, 0.25) is 0 Å². The van der Waals surface area contributed by atoms with Crippen molar-refractivity contribution in [3.05, 3.63) is 22.5 Å². The molecular weight excluding hydrogens is 235 g/mol. The fourth-order valence-corrected chi connectivity index (χ4v) is 2.65. The molecule has 0 radical (unpaired) electrons. The molecule has 1 aliphatic carbocycles. The van der Waals surface area contributed by atoms with Crippen LogP contribution >= 0.6 is 0 Å². The molecule has 1 saturated heterocycles. The van der Waals surface area contributed by atoms with Crippen LogP contribution in [-0.4, -0.2) is 53.5 Å². The quantitative estimate of drug-likeness (QED) is 0.827. The van der Waals surface area contributed by atoms with E-state index in [1.165, 1.54) is 6.07 Å². The monoisotopic (exact) mass is 252 g/mol. The summed E-state index contributed by atoms with van der Waals surface area (Å²) in [4.78, 5) is 15.3. The van der Waals surface area contributed by atoms with Gasteiger partial charge in [-0.25, -0.2) is 9.49 Å². The molecule has 3 rings (SSSR count). The predicted octanol–water partition coefficient (Wildman–Crippen LogP) is 0.392. The van der Waals surface area contributed by atoms with Crippen molar-refractivity contribution in [2.75, 3.05) is 31.1 Å². The van der Waals surface area contributed by atoms with E-state index in [2.05, 4.69) is 20.0 Å². The average molecular weight is 252 g/mol. The number of alkyl halides is 1. The summed E-state index contributed by atoms with van der Waals surface area (Å²) in [5, 5.41) is 6.46. The minimum Gasteiger partial charge on any atom is -0.353 e. The third-order valence-corrected chi connectivity index (χ3v) is 3.93. The van der Waals surface area contributed by atoms with E-state index in [1.54, 1.807) is 6.07 Å². The van der Waals surface area contributed by atoms with Gasteiger partial charge in [-0.15, -0.1) is 0 Å². The van der Waals surface area contributed by atoms with Gasteiger partial charge in [-0.05, 0) is 18.9 Å². The third-order valence-electron chi connectivity index (χ3n) is 3.93. The zero-order chi connectivity index (χ0) is 12.5. The summed E-state index contributed by atoms with van der Waals surface area (Å²) in [5.74, 6) is 0.791. The Hall–Kier alpha value is -1.43. The van der Waals surface area contributed by atoms with E-state index in [0.717, 1.165) is 38.4 Å². The molecule has 1 saturated carbocycles. The summed E-state index contributed by atoms with van der Waals surface area (Å²) >= 11 is 0. The van der Waals surface area contributed by atoms with E-state index in [4.69, 9.17) is 0 Å². The maximum absolute atomic E-state index is 13.3. The number of piperazine rings is 1. The molecule has 2 atom stereocenters. The average Bonchev–Trinajstić information content (AvgIpc) is 2.39. The van der Waals surface area contributed by atoms with Crippen LogP contribution in [-0.2, 0) is 0 Å². The van der Waals surface area contributed by atoms with Crippen molar-refractivity contribution >= 4 is 5.82 Å². The molecule has 1 aromatic rings. The second-order valence-electron chi connectivity index (χ2n) is 4.96. The summed E-state index contributed by atoms with van der Waals surface area (Å²) in [7, 11) is 0. The number of nitrogens with one attached hydrogen (secondary N) is 1. The molecule has 0 spiro atoms. The Morgan fingerprint density at radius 3 is 2.50 bits per heavy atom. The SMILES string of the molecule is O=c1ccc(N2CCN(C3CCC3F)CC2)n[nH]1. The fourth-order valence-electron chi connectivity index (χ4n) is 2.65. The van der Waals surface area contributed by atoms with Gasteiger partial charge in [0.15, 0.2) is 0 Å². The van der Waals surface area contributed by atoms with Gasteiger partial charge in [0.05, 0.1) is 0 Å². The Morgan fingerprint density at radius 2 is 2.00 bits per heavy atom. The molecule has 2 aliphatic rings. The highest BCUT2D eigenvalue weighted by Gasteiger charge is 2.36. The largest absolute Gasteiger partial charge is 0.353 e. The van der Waals surface area contributed by atoms with Crippen molar-refractivity contribution in [1.82, 2.24) is 15.1 Å². The van der Waals surface area contributed by atoms with E-state index in [0.29, 0.717) is 6.42 Å². The first-order valence-corrected chi connectivity index (χ1v) is 6.43. The van der Waals surface area contributed by atoms with Gasteiger partial charge in [-0.1, -0.05) is 0 Å². The Morgan fingerprint density at radius 1 is 1.22 bits per heavy atom. The van der Waals surface area contributed by atoms with Gasteiger partial charge >= 0.3 is 0 Å². The number of halogens is 1. The summed E-state index contributed by atoms with van der Waals surface area (Å²) in [6, 6.07) is 3.35.